The second-order valence-electron chi connectivity index (χ2n) is 3.58. The summed E-state index contributed by atoms with van der Waals surface area (Å²) in [7, 11) is 0. The lowest BCUT2D eigenvalue weighted by molar-refractivity contribution is -0.904. The third kappa shape index (κ3) is 3.01. The summed E-state index contributed by atoms with van der Waals surface area (Å²) in [6.45, 7) is 0. The zero-order valence-corrected chi connectivity index (χ0v) is 9.15. The van der Waals surface area contributed by atoms with Crippen LogP contribution in [0.1, 0.15) is 15.9 Å². The van der Waals surface area contributed by atoms with Crippen LogP contribution in [0.3, 0.4) is 0 Å². The van der Waals surface area contributed by atoms with Crippen molar-refractivity contribution in [2.45, 2.75) is 0 Å². The third-order valence-electron chi connectivity index (χ3n) is 2.30. The van der Waals surface area contributed by atoms with Crippen molar-refractivity contribution in [3.63, 3.8) is 0 Å². The molecule has 0 radical (unpaired) electrons. The largest absolute Gasteiger partial charge is 0.289 e. The second-order valence-corrected chi connectivity index (χ2v) is 3.58. The van der Waals surface area contributed by atoms with Crippen molar-refractivity contribution in [2.24, 2.45) is 0 Å². The summed E-state index contributed by atoms with van der Waals surface area (Å²) >= 11 is 0. The maximum atomic E-state index is 11.8. The van der Waals surface area contributed by atoms with Crippen LogP contribution in [0.2, 0.25) is 0 Å². The van der Waals surface area contributed by atoms with Gasteiger partial charge < -0.3 is 0 Å². The quantitative estimate of drug-likeness (QED) is 0.377. The van der Waals surface area contributed by atoms with E-state index >= 15 is 0 Å². The predicted octanol–water partition coefficient (Wildman–Crippen LogP) is 2.11. The summed E-state index contributed by atoms with van der Waals surface area (Å²) in [6, 6.07) is 12.9. The van der Waals surface area contributed by atoms with Crippen molar-refractivity contribution in [1.29, 1.82) is 0 Å². The van der Waals surface area contributed by atoms with Gasteiger partial charge in [-0.15, -0.1) is 0 Å². The van der Waals surface area contributed by atoms with E-state index in [1.54, 1.807) is 18.2 Å². The first-order chi connectivity index (χ1) is 8.25. The van der Waals surface area contributed by atoms with Crippen LogP contribution >= 0.6 is 0 Å². The number of hydrogen-bond donors (Lipinski definition) is 1. The Morgan fingerprint density at radius 1 is 1.12 bits per heavy atom. The number of benzene rings is 1. The van der Waals surface area contributed by atoms with E-state index in [-0.39, 0.29) is 5.78 Å². The van der Waals surface area contributed by atoms with E-state index < -0.39 is 0 Å². The van der Waals surface area contributed by atoms with Crippen LogP contribution in [0.4, 0.5) is 0 Å². The molecule has 17 heavy (non-hydrogen) atoms. The highest BCUT2D eigenvalue weighted by Crippen LogP contribution is 2.03. The molecule has 2 rings (SSSR count). The Kier molecular flexibility index (Phi) is 3.31. The summed E-state index contributed by atoms with van der Waals surface area (Å²) in [5, 5.41) is 9.19. The third-order valence-corrected chi connectivity index (χ3v) is 2.30. The van der Waals surface area contributed by atoms with Gasteiger partial charge >= 0.3 is 0 Å². The molecule has 3 heteroatoms. The Morgan fingerprint density at radius 2 is 1.88 bits per heavy atom. The zero-order chi connectivity index (χ0) is 12.1. The molecule has 1 aromatic heterocycles. The van der Waals surface area contributed by atoms with Gasteiger partial charge in [0.2, 0.25) is 12.4 Å². The molecule has 0 amide bonds. The van der Waals surface area contributed by atoms with Gasteiger partial charge in [-0.25, -0.2) is 0 Å². The molecule has 0 atom stereocenters. The topological polar surface area (TPSA) is 41.2 Å². The van der Waals surface area contributed by atoms with Gasteiger partial charge in [0, 0.05) is 10.8 Å². The molecule has 0 aliphatic rings. The number of ketones is 1. The number of hydrogen-bond acceptors (Lipinski definition) is 2. The van der Waals surface area contributed by atoms with Gasteiger partial charge in [-0.2, -0.15) is 0 Å². The first-order valence-electron chi connectivity index (χ1n) is 5.24. The summed E-state index contributed by atoms with van der Waals surface area (Å²) in [6.07, 6.45) is 6.07. The van der Waals surface area contributed by atoms with Crippen LogP contribution in [0.15, 0.2) is 60.9 Å². The molecule has 0 saturated heterocycles. The maximum absolute atomic E-state index is 11.8. The van der Waals surface area contributed by atoms with Crippen LogP contribution in [0.5, 0.6) is 0 Å². The van der Waals surface area contributed by atoms with E-state index in [0.717, 1.165) is 10.3 Å². The summed E-state index contributed by atoms with van der Waals surface area (Å²) < 4.78 is 0.865. The van der Waals surface area contributed by atoms with Gasteiger partial charge in [0.25, 0.3) is 0 Å². The molecular formula is C14H12NO2+. The Labute approximate surface area is 99.2 Å². The summed E-state index contributed by atoms with van der Waals surface area (Å²) in [5.74, 6) is -0.141. The average molecular weight is 226 g/mol. The molecule has 1 N–H and O–H groups in total. The molecule has 0 unspecified atom stereocenters. The van der Waals surface area contributed by atoms with Crippen molar-refractivity contribution in [1.82, 2.24) is 0 Å². The minimum atomic E-state index is -0.141. The van der Waals surface area contributed by atoms with Gasteiger partial charge in [0.15, 0.2) is 5.78 Å². The number of carbonyl (C=O) groups excluding carboxylic acids is 1. The van der Waals surface area contributed by atoms with Crippen LogP contribution in [-0.2, 0) is 0 Å². The molecule has 84 valence electrons. The van der Waals surface area contributed by atoms with Gasteiger partial charge in [0.05, 0.1) is 5.56 Å². The van der Waals surface area contributed by atoms with Crippen molar-refractivity contribution in [3.8, 4) is 0 Å². The first kappa shape index (κ1) is 11.1. The van der Waals surface area contributed by atoms with E-state index in [9.17, 15) is 10.0 Å². The molecule has 1 aromatic carbocycles. The number of aromatic nitrogens is 1. The van der Waals surface area contributed by atoms with Crippen LogP contribution in [0, 0.1) is 0 Å². The maximum Gasteiger partial charge on any atom is 0.233 e. The molecule has 0 bridgehead atoms. The van der Waals surface area contributed by atoms with Gasteiger partial charge in [-0.3, -0.25) is 10.0 Å². The molecule has 1 heterocycles. The fourth-order valence-corrected chi connectivity index (χ4v) is 1.44. The lowest BCUT2D eigenvalue weighted by Crippen LogP contribution is -2.29. The Bertz CT molecular complexity index is 547. The summed E-state index contributed by atoms with van der Waals surface area (Å²) in [5.41, 5.74) is 1.41. The standard InChI is InChI=1S/C14H12NO2/c16-14(13-7-4-10-15(17)11-13)9-8-12-5-2-1-3-6-12/h1-11,17H/q+1. The number of carbonyl (C=O) groups is 1. The lowest BCUT2D eigenvalue weighted by atomic mass is 10.1. The van der Waals surface area contributed by atoms with Crippen LogP contribution < -0.4 is 4.73 Å². The molecule has 0 aliphatic carbocycles. The normalized spacial score (nSPS) is 10.6. The number of allylic oxidation sites excluding steroid dienone is 1. The predicted molar refractivity (Wildman–Crippen MR) is 63.6 cm³/mol. The smallest absolute Gasteiger partial charge is 0.233 e. The Balaban J connectivity index is 2.15. The number of pyridine rings is 1. The highest BCUT2D eigenvalue weighted by Gasteiger charge is 2.06. The van der Waals surface area contributed by atoms with Crippen molar-refractivity contribution in [3.05, 3.63) is 72.1 Å². The minimum absolute atomic E-state index is 0.141. The minimum Gasteiger partial charge on any atom is -0.289 e. The summed E-state index contributed by atoms with van der Waals surface area (Å²) in [4.78, 5) is 11.8. The van der Waals surface area contributed by atoms with Gasteiger partial charge in [0.1, 0.15) is 0 Å². The SMILES string of the molecule is O=C(C=Cc1ccccc1)c1ccc[n+](O)c1. The fraction of sp³-hybridized carbons (Fsp3) is 0. The van der Waals surface area contributed by atoms with E-state index in [0.29, 0.717) is 5.56 Å². The molecule has 2 aromatic rings. The molecule has 3 nitrogen and oxygen atoms in total. The fourth-order valence-electron chi connectivity index (χ4n) is 1.44. The lowest BCUT2D eigenvalue weighted by Gasteiger charge is -1.92. The number of rotatable bonds is 3. The van der Waals surface area contributed by atoms with E-state index in [1.165, 1.54) is 18.5 Å². The van der Waals surface area contributed by atoms with Crippen LogP contribution in [-0.4, -0.2) is 11.0 Å². The molecule has 0 saturated carbocycles. The molecular weight excluding hydrogens is 214 g/mol. The molecule has 0 fully saturated rings. The molecule has 0 aliphatic heterocycles. The Morgan fingerprint density at radius 3 is 2.59 bits per heavy atom. The van der Waals surface area contributed by atoms with Gasteiger partial charge in [-0.1, -0.05) is 36.4 Å². The highest BCUT2D eigenvalue weighted by atomic mass is 16.5. The zero-order valence-electron chi connectivity index (χ0n) is 9.15. The molecule has 0 spiro atoms. The van der Waals surface area contributed by atoms with E-state index in [2.05, 4.69) is 0 Å². The van der Waals surface area contributed by atoms with Crippen molar-refractivity contribution >= 4 is 11.9 Å². The first-order valence-corrected chi connectivity index (χ1v) is 5.24. The monoisotopic (exact) mass is 226 g/mol. The van der Waals surface area contributed by atoms with Gasteiger partial charge in [-0.05, 0) is 17.7 Å². The highest BCUT2D eigenvalue weighted by molar-refractivity contribution is 6.06. The van der Waals surface area contributed by atoms with E-state index in [4.69, 9.17) is 0 Å². The van der Waals surface area contributed by atoms with Crippen LogP contribution in [0.25, 0.3) is 6.08 Å². The number of nitrogens with zero attached hydrogens (tertiary/aromatic N) is 1. The average Bonchev–Trinajstić information content (AvgIpc) is 2.37. The van der Waals surface area contributed by atoms with Crippen molar-refractivity contribution in [2.75, 3.05) is 0 Å². The second kappa shape index (κ2) is 5.07. The van der Waals surface area contributed by atoms with E-state index in [1.807, 2.05) is 30.3 Å². The Hall–Kier alpha value is -2.42. The van der Waals surface area contributed by atoms with Crippen molar-refractivity contribution < 1.29 is 14.7 Å².